The van der Waals surface area contributed by atoms with Crippen LogP contribution in [0.5, 0.6) is 0 Å². The Balaban J connectivity index is 2.02. The highest BCUT2D eigenvalue weighted by atomic mass is 15.3. The van der Waals surface area contributed by atoms with Crippen molar-refractivity contribution < 1.29 is 0 Å². The minimum atomic E-state index is 0.399. The lowest BCUT2D eigenvalue weighted by atomic mass is 9.92. The van der Waals surface area contributed by atoms with E-state index in [-0.39, 0.29) is 0 Å². The fraction of sp³-hybridized carbons (Fsp3) is 0.438. The maximum absolute atomic E-state index is 4.48. The number of benzene rings is 1. The third-order valence-electron chi connectivity index (χ3n) is 4.01. The van der Waals surface area contributed by atoms with Gasteiger partial charge in [-0.15, -0.1) is 0 Å². The van der Waals surface area contributed by atoms with Gasteiger partial charge in [0.1, 0.15) is 0 Å². The minimum absolute atomic E-state index is 0.399. The number of hydrogen-bond acceptors (Lipinski definition) is 2. The first-order valence-corrected chi connectivity index (χ1v) is 7.06. The second kappa shape index (κ2) is 4.72. The molecule has 1 aliphatic rings. The second-order valence-corrected chi connectivity index (χ2v) is 5.65. The molecular formula is C16H21N3. The van der Waals surface area contributed by atoms with Gasteiger partial charge in [-0.2, -0.15) is 5.10 Å². The molecule has 100 valence electrons. The van der Waals surface area contributed by atoms with Gasteiger partial charge in [-0.3, -0.25) is 4.68 Å². The molecule has 1 aromatic heterocycles. The van der Waals surface area contributed by atoms with Crippen molar-refractivity contribution in [1.29, 1.82) is 0 Å². The van der Waals surface area contributed by atoms with E-state index in [1.165, 1.54) is 22.0 Å². The highest BCUT2D eigenvalue weighted by Crippen LogP contribution is 2.30. The summed E-state index contributed by atoms with van der Waals surface area (Å²) < 4.78 is 2.10. The van der Waals surface area contributed by atoms with Crippen molar-refractivity contribution in [3.63, 3.8) is 0 Å². The van der Waals surface area contributed by atoms with Crippen molar-refractivity contribution in [3.05, 3.63) is 41.7 Å². The van der Waals surface area contributed by atoms with Gasteiger partial charge in [0.05, 0.1) is 11.7 Å². The van der Waals surface area contributed by atoms with E-state index in [0.717, 1.165) is 13.0 Å². The summed E-state index contributed by atoms with van der Waals surface area (Å²) in [6.45, 7) is 7.71. The molecule has 0 fully saturated rings. The van der Waals surface area contributed by atoms with Crippen LogP contribution in [0.1, 0.15) is 44.7 Å². The van der Waals surface area contributed by atoms with Crippen LogP contribution in [0.25, 0.3) is 10.9 Å². The zero-order valence-corrected chi connectivity index (χ0v) is 11.9. The van der Waals surface area contributed by atoms with Crippen LogP contribution in [0, 0.1) is 0 Å². The third kappa shape index (κ3) is 2.14. The summed E-state index contributed by atoms with van der Waals surface area (Å²) in [5.41, 5.74) is 4.12. The lowest BCUT2D eigenvalue weighted by Gasteiger charge is -2.14. The third-order valence-corrected chi connectivity index (χ3v) is 4.01. The molecule has 1 atom stereocenters. The highest BCUT2D eigenvalue weighted by molar-refractivity contribution is 5.79. The summed E-state index contributed by atoms with van der Waals surface area (Å²) in [4.78, 5) is 0. The van der Waals surface area contributed by atoms with Gasteiger partial charge in [0, 0.05) is 23.9 Å². The summed E-state index contributed by atoms with van der Waals surface area (Å²) in [6.07, 6.45) is 5.29. The van der Waals surface area contributed by atoms with E-state index in [9.17, 15) is 0 Å². The van der Waals surface area contributed by atoms with Crippen molar-refractivity contribution in [2.75, 3.05) is 6.54 Å². The van der Waals surface area contributed by atoms with E-state index in [1.807, 2.05) is 6.20 Å². The molecule has 0 bridgehead atoms. The summed E-state index contributed by atoms with van der Waals surface area (Å²) in [6, 6.07) is 7.12. The Morgan fingerprint density at radius 2 is 2.11 bits per heavy atom. The number of hydrogen-bond donors (Lipinski definition) is 1. The van der Waals surface area contributed by atoms with Gasteiger partial charge in [-0.25, -0.2) is 0 Å². The van der Waals surface area contributed by atoms with E-state index < -0.39 is 0 Å². The predicted octanol–water partition coefficient (Wildman–Crippen LogP) is 3.60. The standard InChI is InChI=1S/C16H21N3/c1-11(2)19-16-8-13(4-5-15(16)10-18-19)12(3)14-6-7-17-9-14/h4-5,8-12,17H,6-7H2,1-3H3. The van der Waals surface area contributed by atoms with Gasteiger partial charge < -0.3 is 5.32 Å². The Bertz CT molecular complexity index is 622. The van der Waals surface area contributed by atoms with Crippen molar-refractivity contribution >= 4 is 10.9 Å². The average molecular weight is 255 g/mol. The van der Waals surface area contributed by atoms with E-state index in [2.05, 4.69) is 60.3 Å². The number of fused-ring (bicyclic) bond motifs is 1. The number of aromatic nitrogens is 2. The molecule has 0 saturated heterocycles. The molecule has 1 N–H and O–H groups in total. The molecule has 19 heavy (non-hydrogen) atoms. The van der Waals surface area contributed by atoms with Crippen LogP contribution in [0.15, 0.2) is 36.2 Å². The van der Waals surface area contributed by atoms with Crippen molar-refractivity contribution in [3.8, 4) is 0 Å². The average Bonchev–Trinajstić information content (AvgIpc) is 3.06. The smallest absolute Gasteiger partial charge is 0.0688 e. The highest BCUT2D eigenvalue weighted by Gasteiger charge is 2.16. The maximum Gasteiger partial charge on any atom is 0.0688 e. The zero-order chi connectivity index (χ0) is 13.4. The predicted molar refractivity (Wildman–Crippen MR) is 79.2 cm³/mol. The summed E-state index contributed by atoms with van der Waals surface area (Å²) in [5.74, 6) is 0.481. The van der Waals surface area contributed by atoms with Crippen LogP contribution in [-0.4, -0.2) is 16.3 Å². The molecule has 3 heteroatoms. The SMILES string of the molecule is CC(C1=CNCC1)c1ccc2cnn(C(C)C)c2c1. The lowest BCUT2D eigenvalue weighted by molar-refractivity contribution is 0.550. The zero-order valence-electron chi connectivity index (χ0n) is 11.9. The van der Waals surface area contributed by atoms with Gasteiger partial charge in [0.25, 0.3) is 0 Å². The number of nitrogens with one attached hydrogen (secondary N) is 1. The Kier molecular flexibility index (Phi) is 3.05. The van der Waals surface area contributed by atoms with Crippen LogP contribution in [0.2, 0.25) is 0 Å². The molecule has 0 amide bonds. The number of nitrogens with zero attached hydrogens (tertiary/aromatic N) is 2. The van der Waals surface area contributed by atoms with Crippen LogP contribution in [0.3, 0.4) is 0 Å². The van der Waals surface area contributed by atoms with Gasteiger partial charge in [0.15, 0.2) is 0 Å². The molecule has 2 aromatic rings. The monoisotopic (exact) mass is 255 g/mol. The van der Waals surface area contributed by atoms with Crippen LogP contribution < -0.4 is 5.32 Å². The Labute approximate surface area is 114 Å². The second-order valence-electron chi connectivity index (χ2n) is 5.65. The molecule has 3 nitrogen and oxygen atoms in total. The van der Waals surface area contributed by atoms with Crippen molar-refractivity contribution in [2.24, 2.45) is 0 Å². The van der Waals surface area contributed by atoms with Crippen LogP contribution in [0.4, 0.5) is 0 Å². The van der Waals surface area contributed by atoms with E-state index >= 15 is 0 Å². The molecule has 1 aliphatic heterocycles. The molecular weight excluding hydrogens is 234 g/mol. The Morgan fingerprint density at radius 3 is 2.79 bits per heavy atom. The fourth-order valence-corrected chi connectivity index (χ4v) is 2.78. The molecule has 3 rings (SSSR count). The summed E-state index contributed by atoms with van der Waals surface area (Å²) in [7, 11) is 0. The van der Waals surface area contributed by atoms with Gasteiger partial charge in [-0.05, 0) is 43.7 Å². The van der Waals surface area contributed by atoms with E-state index in [1.54, 1.807) is 0 Å². The lowest BCUT2D eigenvalue weighted by Crippen LogP contribution is -2.03. The molecule has 0 spiro atoms. The Hall–Kier alpha value is -1.77. The minimum Gasteiger partial charge on any atom is -0.391 e. The van der Waals surface area contributed by atoms with Crippen molar-refractivity contribution in [2.45, 2.75) is 39.2 Å². The van der Waals surface area contributed by atoms with Gasteiger partial charge in [-0.1, -0.05) is 19.1 Å². The molecule has 2 heterocycles. The fourth-order valence-electron chi connectivity index (χ4n) is 2.78. The van der Waals surface area contributed by atoms with Crippen molar-refractivity contribution in [1.82, 2.24) is 15.1 Å². The normalized spacial score (nSPS) is 16.7. The van der Waals surface area contributed by atoms with Crippen LogP contribution in [-0.2, 0) is 0 Å². The summed E-state index contributed by atoms with van der Waals surface area (Å²) >= 11 is 0. The molecule has 1 aromatic carbocycles. The molecule has 0 saturated carbocycles. The topological polar surface area (TPSA) is 29.9 Å². The first kappa shape index (κ1) is 12.3. The Morgan fingerprint density at radius 1 is 1.26 bits per heavy atom. The number of rotatable bonds is 3. The molecule has 0 aliphatic carbocycles. The quantitative estimate of drug-likeness (QED) is 0.908. The van der Waals surface area contributed by atoms with E-state index in [4.69, 9.17) is 0 Å². The van der Waals surface area contributed by atoms with Gasteiger partial charge >= 0.3 is 0 Å². The van der Waals surface area contributed by atoms with Crippen LogP contribution >= 0.6 is 0 Å². The first-order chi connectivity index (χ1) is 9.16. The molecule has 0 radical (unpaired) electrons. The van der Waals surface area contributed by atoms with E-state index in [0.29, 0.717) is 12.0 Å². The largest absolute Gasteiger partial charge is 0.391 e. The van der Waals surface area contributed by atoms with Gasteiger partial charge in [0.2, 0.25) is 0 Å². The molecule has 1 unspecified atom stereocenters. The first-order valence-electron chi connectivity index (χ1n) is 7.06. The maximum atomic E-state index is 4.48. The summed E-state index contributed by atoms with van der Waals surface area (Å²) in [5, 5.41) is 9.01.